The minimum absolute atomic E-state index is 0.0646. The summed E-state index contributed by atoms with van der Waals surface area (Å²) in [5.41, 5.74) is 2.43. The lowest BCUT2D eigenvalue weighted by atomic mass is 10.0. The molecule has 1 amide bonds. The van der Waals surface area contributed by atoms with Crippen LogP contribution in [0, 0.1) is 6.92 Å². The van der Waals surface area contributed by atoms with Crippen LogP contribution in [-0.4, -0.2) is 17.5 Å². The van der Waals surface area contributed by atoms with Gasteiger partial charge in [0.05, 0.1) is 6.04 Å². The molecule has 4 heteroatoms. The zero-order chi connectivity index (χ0) is 13.8. The van der Waals surface area contributed by atoms with Gasteiger partial charge in [0.1, 0.15) is 0 Å². The van der Waals surface area contributed by atoms with Crippen molar-refractivity contribution in [1.82, 2.24) is 10.6 Å². The van der Waals surface area contributed by atoms with Gasteiger partial charge in [0, 0.05) is 12.1 Å². The summed E-state index contributed by atoms with van der Waals surface area (Å²) in [7, 11) is 0. The molecule has 0 saturated heterocycles. The van der Waals surface area contributed by atoms with Crippen molar-refractivity contribution in [2.24, 2.45) is 0 Å². The van der Waals surface area contributed by atoms with Gasteiger partial charge in [-0.2, -0.15) is 11.3 Å². The first-order valence-corrected chi connectivity index (χ1v) is 7.37. The number of carbonyl (C=O) groups excluding carboxylic acids is 1. The van der Waals surface area contributed by atoms with Gasteiger partial charge in [0.15, 0.2) is 0 Å². The molecule has 0 bridgehead atoms. The molecule has 3 nitrogen and oxygen atoms in total. The van der Waals surface area contributed by atoms with Crippen LogP contribution in [0.4, 0.5) is 0 Å². The monoisotopic (exact) mass is 268 g/mol. The molecule has 0 aromatic carbocycles. The van der Waals surface area contributed by atoms with E-state index in [2.05, 4.69) is 35.2 Å². The lowest BCUT2D eigenvalue weighted by Gasteiger charge is -2.26. The Morgan fingerprint density at radius 1 is 1.44 bits per heavy atom. The van der Waals surface area contributed by atoms with E-state index in [0.717, 1.165) is 13.0 Å². The molecule has 0 fully saturated rings. The van der Waals surface area contributed by atoms with Crippen molar-refractivity contribution in [3.8, 4) is 0 Å². The molecule has 1 unspecified atom stereocenters. The van der Waals surface area contributed by atoms with Gasteiger partial charge in [-0.05, 0) is 56.0 Å². The van der Waals surface area contributed by atoms with E-state index in [4.69, 9.17) is 0 Å². The molecule has 1 aromatic heterocycles. The largest absolute Gasteiger partial charge is 0.350 e. The molecule has 0 aliphatic heterocycles. The maximum absolute atomic E-state index is 12.0. The molecular formula is C14H24N2OS. The molecule has 0 aliphatic rings. The van der Waals surface area contributed by atoms with Crippen LogP contribution in [0.5, 0.6) is 0 Å². The summed E-state index contributed by atoms with van der Waals surface area (Å²) in [6.45, 7) is 10.9. The third-order valence-electron chi connectivity index (χ3n) is 3.30. The number of hydrogen-bond donors (Lipinski definition) is 2. The van der Waals surface area contributed by atoms with Crippen molar-refractivity contribution < 1.29 is 4.79 Å². The molecule has 102 valence electrons. The molecule has 2 N–H and O–H groups in total. The fourth-order valence-electron chi connectivity index (χ4n) is 1.45. The average Bonchev–Trinajstić information content (AvgIpc) is 2.71. The van der Waals surface area contributed by atoms with Crippen molar-refractivity contribution in [3.05, 3.63) is 21.9 Å². The molecule has 0 saturated carbocycles. The molecule has 1 atom stereocenters. The van der Waals surface area contributed by atoms with Crippen molar-refractivity contribution >= 4 is 17.2 Å². The van der Waals surface area contributed by atoms with Crippen LogP contribution in [0.1, 0.15) is 45.2 Å². The molecule has 18 heavy (non-hydrogen) atoms. The fourth-order valence-corrected chi connectivity index (χ4v) is 2.31. The first kappa shape index (κ1) is 15.2. The molecule has 1 rings (SSSR count). The van der Waals surface area contributed by atoms with Crippen LogP contribution >= 0.6 is 11.3 Å². The highest BCUT2D eigenvalue weighted by atomic mass is 32.1. The van der Waals surface area contributed by atoms with E-state index in [1.165, 1.54) is 11.1 Å². The Bertz CT molecular complexity index is 398. The van der Waals surface area contributed by atoms with Crippen molar-refractivity contribution in [2.45, 2.75) is 59.2 Å². The second kappa shape index (κ2) is 6.34. The van der Waals surface area contributed by atoms with Gasteiger partial charge in [-0.3, -0.25) is 4.79 Å². The average molecular weight is 268 g/mol. The van der Waals surface area contributed by atoms with Crippen LogP contribution in [0.25, 0.3) is 0 Å². The number of carbonyl (C=O) groups is 1. The topological polar surface area (TPSA) is 41.1 Å². The Kier molecular flexibility index (Phi) is 5.35. The molecule has 0 spiro atoms. The minimum atomic E-state index is -0.171. The SMILES string of the molecule is CCC(C)(C)NC(=O)C(C)NCc1cscc1C. The van der Waals surface area contributed by atoms with E-state index in [9.17, 15) is 4.79 Å². The molecule has 0 aliphatic carbocycles. The van der Waals surface area contributed by atoms with Gasteiger partial charge in [-0.15, -0.1) is 0 Å². The Morgan fingerprint density at radius 2 is 2.11 bits per heavy atom. The Hall–Kier alpha value is -0.870. The zero-order valence-corrected chi connectivity index (χ0v) is 12.8. The van der Waals surface area contributed by atoms with E-state index < -0.39 is 0 Å². The quantitative estimate of drug-likeness (QED) is 0.833. The normalized spacial score (nSPS) is 13.4. The second-order valence-corrected chi connectivity index (χ2v) is 6.15. The molecule has 1 heterocycles. The van der Waals surface area contributed by atoms with Gasteiger partial charge in [-0.25, -0.2) is 0 Å². The number of hydrogen-bond acceptors (Lipinski definition) is 3. The minimum Gasteiger partial charge on any atom is -0.350 e. The first-order chi connectivity index (χ1) is 8.35. The second-order valence-electron chi connectivity index (χ2n) is 5.41. The predicted octanol–water partition coefficient (Wildman–Crippen LogP) is 2.84. The fraction of sp³-hybridized carbons (Fsp3) is 0.643. The van der Waals surface area contributed by atoms with E-state index >= 15 is 0 Å². The number of nitrogens with one attached hydrogen (secondary N) is 2. The predicted molar refractivity (Wildman–Crippen MR) is 77.9 cm³/mol. The standard InChI is InChI=1S/C14H24N2OS/c1-6-14(4,5)16-13(17)11(3)15-7-12-9-18-8-10(12)2/h8-9,11,15H,6-7H2,1-5H3,(H,16,17). The molecule has 1 aromatic rings. The smallest absolute Gasteiger partial charge is 0.237 e. The van der Waals surface area contributed by atoms with E-state index in [1.54, 1.807) is 11.3 Å². The number of amides is 1. The summed E-state index contributed by atoms with van der Waals surface area (Å²) in [5.74, 6) is 0.0646. The van der Waals surface area contributed by atoms with Crippen LogP contribution < -0.4 is 10.6 Å². The summed E-state index contributed by atoms with van der Waals surface area (Å²) >= 11 is 1.70. The number of aryl methyl sites for hydroxylation is 1. The maximum atomic E-state index is 12.0. The van der Waals surface area contributed by atoms with Crippen LogP contribution in [0.2, 0.25) is 0 Å². The van der Waals surface area contributed by atoms with Crippen molar-refractivity contribution in [2.75, 3.05) is 0 Å². The van der Waals surface area contributed by atoms with Crippen LogP contribution in [0.15, 0.2) is 10.8 Å². The van der Waals surface area contributed by atoms with Crippen LogP contribution in [0.3, 0.4) is 0 Å². The molecular weight excluding hydrogens is 244 g/mol. The maximum Gasteiger partial charge on any atom is 0.237 e. The lowest BCUT2D eigenvalue weighted by molar-refractivity contribution is -0.124. The summed E-state index contributed by atoms with van der Waals surface area (Å²) in [4.78, 5) is 12.0. The lowest BCUT2D eigenvalue weighted by Crippen LogP contribution is -2.50. The summed E-state index contributed by atoms with van der Waals surface area (Å²) < 4.78 is 0. The third kappa shape index (κ3) is 4.42. The molecule has 0 radical (unpaired) electrons. The van der Waals surface area contributed by atoms with Gasteiger partial charge in [0.2, 0.25) is 5.91 Å². The van der Waals surface area contributed by atoms with E-state index in [0.29, 0.717) is 0 Å². The first-order valence-electron chi connectivity index (χ1n) is 6.43. The number of rotatable bonds is 6. The van der Waals surface area contributed by atoms with Gasteiger partial charge in [0.25, 0.3) is 0 Å². The van der Waals surface area contributed by atoms with Crippen LogP contribution in [-0.2, 0) is 11.3 Å². The summed E-state index contributed by atoms with van der Waals surface area (Å²) in [6.07, 6.45) is 0.926. The summed E-state index contributed by atoms with van der Waals surface area (Å²) in [5, 5.41) is 10.6. The van der Waals surface area contributed by atoms with Gasteiger partial charge >= 0.3 is 0 Å². The van der Waals surface area contributed by atoms with E-state index in [-0.39, 0.29) is 17.5 Å². The van der Waals surface area contributed by atoms with Gasteiger partial charge < -0.3 is 10.6 Å². The number of thiophene rings is 1. The van der Waals surface area contributed by atoms with Gasteiger partial charge in [-0.1, -0.05) is 6.92 Å². The van der Waals surface area contributed by atoms with Crippen molar-refractivity contribution in [1.29, 1.82) is 0 Å². The van der Waals surface area contributed by atoms with Crippen molar-refractivity contribution in [3.63, 3.8) is 0 Å². The zero-order valence-electron chi connectivity index (χ0n) is 12.0. The highest BCUT2D eigenvalue weighted by Gasteiger charge is 2.21. The Morgan fingerprint density at radius 3 is 2.61 bits per heavy atom. The third-order valence-corrected chi connectivity index (χ3v) is 4.21. The Labute approximate surface area is 114 Å². The highest BCUT2D eigenvalue weighted by molar-refractivity contribution is 7.08. The Balaban J connectivity index is 2.43. The highest BCUT2D eigenvalue weighted by Crippen LogP contribution is 2.13. The summed E-state index contributed by atoms with van der Waals surface area (Å²) in [6, 6.07) is -0.171. The van der Waals surface area contributed by atoms with E-state index in [1.807, 2.05) is 20.8 Å².